The van der Waals surface area contributed by atoms with Gasteiger partial charge in [0.1, 0.15) is 12.4 Å². The zero-order valence-corrected chi connectivity index (χ0v) is 17.8. The van der Waals surface area contributed by atoms with Crippen LogP contribution in [-0.2, 0) is 16.4 Å². The number of amides is 2. The van der Waals surface area contributed by atoms with Crippen LogP contribution < -0.4 is 14.8 Å². The highest BCUT2D eigenvalue weighted by Crippen LogP contribution is 2.31. The number of piperidine rings is 1. The summed E-state index contributed by atoms with van der Waals surface area (Å²) in [6.07, 6.45) is 3.18. The van der Waals surface area contributed by atoms with Gasteiger partial charge in [0, 0.05) is 18.2 Å². The number of ether oxygens (including phenoxy) is 1. The lowest BCUT2D eigenvalue weighted by molar-refractivity contribution is 0.132. The van der Waals surface area contributed by atoms with Gasteiger partial charge >= 0.3 is 6.03 Å². The van der Waals surface area contributed by atoms with E-state index >= 15 is 0 Å². The number of hydrogen-bond acceptors (Lipinski definition) is 4. The van der Waals surface area contributed by atoms with Crippen LogP contribution in [0.2, 0.25) is 0 Å². The lowest BCUT2D eigenvalue weighted by Gasteiger charge is -2.41. The third kappa shape index (κ3) is 4.76. The Bertz CT molecular complexity index is 1020. The van der Waals surface area contributed by atoms with Gasteiger partial charge in [0.15, 0.2) is 0 Å². The van der Waals surface area contributed by atoms with E-state index in [-0.39, 0.29) is 18.1 Å². The van der Waals surface area contributed by atoms with Gasteiger partial charge in [-0.3, -0.25) is 0 Å². The van der Waals surface area contributed by atoms with Crippen molar-refractivity contribution in [2.75, 3.05) is 26.0 Å². The monoisotopic (exact) mass is 429 g/mol. The number of benzene rings is 2. The number of carbonyl (C=O) groups is 1. The molecule has 2 bridgehead atoms. The number of rotatable bonds is 2. The summed E-state index contributed by atoms with van der Waals surface area (Å²) in [6, 6.07) is 15.2. The maximum Gasteiger partial charge on any atom is 0.317 e. The van der Waals surface area contributed by atoms with E-state index in [9.17, 15) is 13.2 Å². The number of hydrogen-bond donors (Lipinski definition) is 2. The molecule has 2 N–H and O–H groups in total. The van der Waals surface area contributed by atoms with Crippen molar-refractivity contribution >= 4 is 16.1 Å². The van der Waals surface area contributed by atoms with Gasteiger partial charge in [-0.1, -0.05) is 42.5 Å². The summed E-state index contributed by atoms with van der Waals surface area (Å²) in [4.78, 5) is 14.7. The van der Waals surface area contributed by atoms with Crippen LogP contribution in [0.25, 0.3) is 11.1 Å². The minimum Gasteiger partial charge on any atom is -0.491 e. The molecule has 2 amide bonds. The zero-order valence-electron chi connectivity index (χ0n) is 17.0. The molecule has 2 atom stereocenters. The predicted octanol–water partition coefficient (Wildman–Crippen LogP) is 2.38. The first-order chi connectivity index (χ1) is 14.4. The third-order valence-corrected chi connectivity index (χ3v) is 6.34. The normalized spacial score (nSPS) is 22.3. The van der Waals surface area contributed by atoms with Crippen molar-refractivity contribution in [1.82, 2.24) is 14.9 Å². The summed E-state index contributed by atoms with van der Waals surface area (Å²) in [5.74, 6) is 0.775. The second kappa shape index (κ2) is 8.65. The number of nitrogens with zero attached hydrogens (tertiary/aromatic N) is 1. The third-order valence-electron chi connectivity index (χ3n) is 5.61. The smallest absolute Gasteiger partial charge is 0.317 e. The van der Waals surface area contributed by atoms with Gasteiger partial charge in [-0.2, -0.15) is 0 Å². The predicted molar refractivity (Wildman–Crippen MR) is 116 cm³/mol. The highest BCUT2D eigenvalue weighted by Gasteiger charge is 2.36. The topological polar surface area (TPSA) is 87.7 Å². The average Bonchev–Trinajstić information content (AvgIpc) is 2.72. The molecule has 2 aliphatic heterocycles. The number of nitrogens with one attached hydrogen (secondary N) is 2. The standard InChI is InChI=1S/C22H27N3O4S/c1-30(27,28)24-19-9-5-12-25-20(19)15-16-6-4-7-17(14-16)18-8-2-3-10-21(18)29-13-11-23-22(25)26/h2-4,6-8,10,14,19-20,24H,5,9,11-13,15H2,1H3,(H,23,26). The van der Waals surface area contributed by atoms with E-state index in [2.05, 4.69) is 16.1 Å². The molecule has 30 heavy (non-hydrogen) atoms. The molecule has 0 saturated carbocycles. The molecule has 4 rings (SSSR count). The number of urea groups is 1. The number of carbonyl (C=O) groups excluding carboxylic acids is 1. The number of fused-ring (bicyclic) bond motifs is 5. The van der Waals surface area contributed by atoms with Gasteiger partial charge < -0.3 is 15.0 Å². The Labute approximate surface area is 177 Å². The first kappa shape index (κ1) is 20.7. The molecule has 2 heterocycles. The fourth-order valence-corrected chi connectivity index (χ4v) is 5.16. The number of para-hydroxylation sites is 1. The molecule has 0 aliphatic carbocycles. The summed E-state index contributed by atoms with van der Waals surface area (Å²) in [5, 5.41) is 2.93. The molecule has 2 unspecified atom stereocenters. The van der Waals surface area contributed by atoms with Crippen LogP contribution >= 0.6 is 0 Å². The average molecular weight is 430 g/mol. The van der Waals surface area contributed by atoms with Gasteiger partial charge in [-0.15, -0.1) is 0 Å². The minimum atomic E-state index is -3.39. The van der Waals surface area contributed by atoms with Gasteiger partial charge in [0.2, 0.25) is 10.0 Å². The van der Waals surface area contributed by atoms with Crippen LogP contribution in [0.1, 0.15) is 18.4 Å². The number of sulfonamides is 1. The first-order valence-electron chi connectivity index (χ1n) is 10.2. The molecule has 0 spiro atoms. The maximum atomic E-state index is 12.9. The van der Waals surface area contributed by atoms with E-state index in [1.807, 2.05) is 42.5 Å². The summed E-state index contributed by atoms with van der Waals surface area (Å²) in [6.45, 7) is 1.32. The van der Waals surface area contributed by atoms with Crippen LogP contribution in [0.3, 0.4) is 0 Å². The minimum absolute atomic E-state index is 0.188. The van der Waals surface area contributed by atoms with Crippen LogP contribution in [0.4, 0.5) is 4.79 Å². The second-order valence-electron chi connectivity index (χ2n) is 7.88. The molecule has 2 aromatic carbocycles. The summed E-state index contributed by atoms with van der Waals surface area (Å²) < 4.78 is 32.6. The second-order valence-corrected chi connectivity index (χ2v) is 9.66. The van der Waals surface area contributed by atoms with Gasteiger partial charge in [0.05, 0.1) is 18.8 Å². The van der Waals surface area contributed by atoms with Gasteiger partial charge in [-0.25, -0.2) is 17.9 Å². The van der Waals surface area contributed by atoms with E-state index in [1.165, 1.54) is 6.26 Å². The van der Waals surface area contributed by atoms with Gasteiger partial charge in [0.25, 0.3) is 0 Å². The Kier molecular flexibility index (Phi) is 5.97. The van der Waals surface area contributed by atoms with Crippen LogP contribution in [-0.4, -0.2) is 57.4 Å². The highest BCUT2D eigenvalue weighted by atomic mass is 32.2. The molecule has 0 aromatic heterocycles. The summed E-state index contributed by atoms with van der Waals surface area (Å²) in [5.41, 5.74) is 3.08. The van der Waals surface area contributed by atoms with E-state index in [0.29, 0.717) is 32.5 Å². The van der Waals surface area contributed by atoms with Crippen molar-refractivity contribution in [3.63, 3.8) is 0 Å². The van der Waals surface area contributed by atoms with Crippen molar-refractivity contribution in [3.05, 3.63) is 54.1 Å². The lowest BCUT2D eigenvalue weighted by Crippen LogP contribution is -2.59. The van der Waals surface area contributed by atoms with E-state index in [0.717, 1.165) is 28.9 Å². The Morgan fingerprint density at radius 2 is 2.00 bits per heavy atom. The Balaban J connectivity index is 1.73. The molecule has 1 saturated heterocycles. The largest absolute Gasteiger partial charge is 0.491 e. The maximum absolute atomic E-state index is 12.9. The Morgan fingerprint density at radius 3 is 2.83 bits per heavy atom. The molecule has 7 nitrogen and oxygen atoms in total. The molecule has 2 aliphatic rings. The van der Waals surface area contributed by atoms with E-state index < -0.39 is 10.0 Å². The van der Waals surface area contributed by atoms with Gasteiger partial charge in [-0.05, 0) is 36.5 Å². The summed E-state index contributed by atoms with van der Waals surface area (Å²) in [7, 11) is -3.39. The Hall–Kier alpha value is -2.58. The zero-order chi connectivity index (χ0) is 21.1. The molecule has 2 aromatic rings. The molecule has 8 heteroatoms. The van der Waals surface area contributed by atoms with E-state index in [1.54, 1.807) is 4.90 Å². The first-order valence-corrected chi connectivity index (χ1v) is 12.1. The lowest BCUT2D eigenvalue weighted by atomic mass is 9.90. The van der Waals surface area contributed by atoms with Crippen molar-refractivity contribution in [2.45, 2.75) is 31.3 Å². The quantitative estimate of drug-likeness (QED) is 0.767. The molecular formula is C22H27N3O4S. The molecule has 1 fully saturated rings. The van der Waals surface area contributed by atoms with Crippen LogP contribution in [0.15, 0.2) is 48.5 Å². The highest BCUT2D eigenvalue weighted by molar-refractivity contribution is 7.88. The van der Waals surface area contributed by atoms with Crippen LogP contribution in [0, 0.1) is 0 Å². The molecule has 160 valence electrons. The fourth-order valence-electron chi connectivity index (χ4n) is 4.33. The van der Waals surface area contributed by atoms with Crippen LogP contribution in [0.5, 0.6) is 5.75 Å². The van der Waals surface area contributed by atoms with Crippen molar-refractivity contribution in [2.24, 2.45) is 0 Å². The fraction of sp³-hybridized carbons (Fsp3) is 0.409. The van der Waals surface area contributed by atoms with E-state index in [4.69, 9.17) is 4.74 Å². The molecular weight excluding hydrogens is 402 g/mol. The van der Waals surface area contributed by atoms with Crippen molar-refractivity contribution in [1.29, 1.82) is 0 Å². The summed E-state index contributed by atoms with van der Waals surface area (Å²) >= 11 is 0. The van der Waals surface area contributed by atoms with Crippen molar-refractivity contribution < 1.29 is 17.9 Å². The Morgan fingerprint density at radius 1 is 1.17 bits per heavy atom. The molecule has 0 radical (unpaired) electrons. The SMILES string of the molecule is CS(=O)(=O)NC1CCCN2C(=O)NCCOc3ccccc3-c3cccc(c3)CC12. The van der Waals surface area contributed by atoms with Crippen molar-refractivity contribution in [3.8, 4) is 16.9 Å².